The maximum Gasteiger partial charge on any atom is 2.00 e. The molecule has 0 unspecified atom stereocenters. The molecule has 0 fully saturated rings. The second-order valence-corrected chi connectivity index (χ2v) is 0. The molecule has 4 heteroatoms. The quantitative estimate of drug-likeness (QED) is 0.304. The summed E-state index contributed by atoms with van der Waals surface area (Å²) in [6.07, 6.45) is 0. The third-order valence-corrected chi connectivity index (χ3v) is 0. The molecule has 0 saturated heterocycles. The Hall–Kier alpha value is 1.51. The van der Waals surface area contributed by atoms with E-state index in [2.05, 4.69) is 0 Å². The summed E-state index contributed by atoms with van der Waals surface area (Å²) in [5, 5.41) is 0. The summed E-state index contributed by atoms with van der Waals surface area (Å²) >= 11 is 0. The van der Waals surface area contributed by atoms with Gasteiger partial charge in [0, 0.05) is 26.2 Å². The molecule has 0 saturated carbocycles. The second kappa shape index (κ2) is 24.4. The Morgan fingerprint density at radius 2 is 0.750 bits per heavy atom. The van der Waals surface area contributed by atoms with Crippen LogP contribution in [-0.2, 0) is 26.2 Å². The third-order valence-electron chi connectivity index (χ3n) is 0. The van der Waals surface area contributed by atoms with Crippen molar-refractivity contribution in [2.24, 2.45) is 0 Å². The van der Waals surface area contributed by atoms with Gasteiger partial charge in [-0.3, -0.25) is 0 Å². The maximum absolute atomic E-state index is 0. The molecular weight excluding hydrogens is 154 g/mol. The summed E-state index contributed by atoms with van der Waals surface area (Å²) in [5.74, 6) is 0. The first-order chi connectivity index (χ1) is 0. The van der Waals surface area contributed by atoms with Gasteiger partial charge < -0.3 is 9.41 Å². The number of halogens is 2. The minimum absolute atomic E-state index is 0. The first-order valence-corrected chi connectivity index (χ1v) is 0. The van der Waals surface area contributed by atoms with Crippen molar-refractivity contribution in [2.45, 2.75) is 0 Å². The van der Waals surface area contributed by atoms with Crippen LogP contribution >= 0.6 is 0 Å². The molecule has 0 nitrogen and oxygen atoms in total. The fourth-order valence-electron chi connectivity index (χ4n) is 0. The van der Waals surface area contributed by atoms with Crippen LogP contribution in [0.15, 0.2) is 0 Å². The normalized spacial score (nSPS) is 0. The van der Waals surface area contributed by atoms with Gasteiger partial charge in [-0.2, -0.15) is 0 Å². The Labute approximate surface area is 58.3 Å². The fourth-order valence-corrected chi connectivity index (χ4v) is 0. The van der Waals surface area contributed by atoms with E-state index in [1.807, 2.05) is 0 Å². The van der Waals surface area contributed by atoms with Crippen molar-refractivity contribution in [1.82, 2.24) is 0 Å². The molecule has 0 atom stereocenters. The molecule has 0 aromatic carbocycles. The van der Waals surface area contributed by atoms with Gasteiger partial charge in [-0.1, -0.05) is 0 Å². The first kappa shape index (κ1) is 49.2. The number of hydrogen-bond donors (Lipinski definition) is 0. The Balaban J connectivity index is 0. The molecule has 0 bridgehead atoms. The maximum atomic E-state index is 0. The second-order valence-electron chi connectivity index (χ2n) is 0. The van der Waals surface area contributed by atoms with Gasteiger partial charge in [-0.15, -0.1) is 0 Å². The van der Waals surface area contributed by atoms with Crippen LogP contribution in [0.25, 0.3) is 0 Å². The summed E-state index contributed by atoms with van der Waals surface area (Å²) in [6.45, 7) is 0. The van der Waals surface area contributed by atoms with Crippen LogP contribution < -0.4 is 9.41 Å². The van der Waals surface area contributed by atoms with Crippen molar-refractivity contribution in [3.05, 3.63) is 0 Å². The van der Waals surface area contributed by atoms with Crippen LogP contribution in [0.1, 0.15) is 0 Å². The summed E-state index contributed by atoms with van der Waals surface area (Å²) in [7, 11) is 0. The van der Waals surface area contributed by atoms with Gasteiger partial charge in [-0.05, 0) is 0 Å². The molecule has 0 aliphatic rings. The molecule has 0 heterocycles. The molecule has 0 aromatic rings. The van der Waals surface area contributed by atoms with Gasteiger partial charge in [0.05, 0.1) is 0 Å². The van der Waals surface area contributed by atoms with Crippen molar-refractivity contribution in [3.8, 4) is 0 Å². The van der Waals surface area contributed by atoms with Gasteiger partial charge in [0.1, 0.15) is 0 Å². The van der Waals surface area contributed by atoms with E-state index in [1.54, 1.807) is 0 Å². The Morgan fingerprint density at radius 3 is 0.750 bits per heavy atom. The molecule has 0 rings (SSSR count). The van der Waals surface area contributed by atoms with Gasteiger partial charge >= 0.3 is 23.1 Å². The zero-order valence-electron chi connectivity index (χ0n) is 1.96. The van der Waals surface area contributed by atoms with E-state index in [0.717, 1.165) is 0 Å². The summed E-state index contributed by atoms with van der Waals surface area (Å²) in [6, 6.07) is 0. The molecule has 0 aromatic heterocycles. The van der Waals surface area contributed by atoms with E-state index in [4.69, 9.17) is 0 Å². The third kappa shape index (κ3) is 9.70. The van der Waals surface area contributed by atoms with Crippen LogP contribution in [0, 0.1) is 0 Å². The Morgan fingerprint density at radius 1 is 0.750 bits per heavy atom. The molecule has 4 heavy (non-hydrogen) atoms. The predicted octanol–water partition coefficient (Wildman–Crippen LogP) is -6.38. The van der Waals surface area contributed by atoms with E-state index in [0.29, 0.717) is 0 Å². The number of rotatable bonds is 0. The van der Waals surface area contributed by atoms with Crippen LogP contribution in [0.4, 0.5) is 0 Å². The smallest absolute Gasteiger partial charge is 1.00 e. The molecule has 0 amide bonds. The van der Waals surface area contributed by atoms with Crippen molar-refractivity contribution in [2.75, 3.05) is 0 Å². The molecule has 0 aliphatic heterocycles. The van der Waals surface area contributed by atoms with Gasteiger partial charge in [0.25, 0.3) is 0 Å². The minimum Gasteiger partial charge on any atom is -1.00 e. The zero-order chi connectivity index (χ0) is 0. The van der Waals surface area contributed by atoms with Crippen LogP contribution in [0.2, 0.25) is 0 Å². The monoisotopic (exact) mass is 152 g/mol. The number of hydrogen-bond acceptors (Lipinski definition) is 0. The first-order valence-electron chi connectivity index (χ1n) is 0. The van der Waals surface area contributed by atoms with Gasteiger partial charge in [0.2, 0.25) is 0 Å². The molecule has 0 aliphatic carbocycles. The van der Waals surface area contributed by atoms with E-state index in [9.17, 15) is 0 Å². The molecule has 0 radical (unpaired) electrons. The molecule has 20 valence electrons. The van der Waals surface area contributed by atoms with Crippen LogP contribution in [0.3, 0.4) is 0 Å². The van der Waals surface area contributed by atoms with Crippen molar-refractivity contribution in [1.29, 1.82) is 0 Å². The van der Waals surface area contributed by atoms with Crippen LogP contribution in [-0.4, -0.2) is 23.1 Å². The average molecular weight is 154 g/mol. The fraction of sp³-hybridized carbons (Fsp3) is 0. The Kier molecular flexibility index (Phi) is 300. The van der Waals surface area contributed by atoms with Crippen molar-refractivity contribution < 1.29 is 35.6 Å². The summed E-state index contributed by atoms with van der Waals surface area (Å²) in [5.41, 5.74) is 0. The SMILES string of the molecule is [F-].[F-].[Mg+2].[Zr]. The van der Waals surface area contributed by atoms with Crippen LogP contribution in [0.5, 0.6) is 0 Å². The zero-order valence-corrected chi connectivity index (χ0v) is 5.84. The van der Waals surface area contributed by atoms with E-state index in [-0.39, 0.29) is 58.7 Å². The largest absolute Gasteiger partial charge is 2.00 e. The minimum atomic E-state index is 0. The van der Waals surface area contributed by atoms with Crippen molar-refractivity contribution >= 4 is 23.1 Å². The van der Waals surface area contributed by atoms with Gasteiger partial charge in [0.15, 0.2) is 0 Å². The average Bonchev–Trinajstić information content (AvgIpc) is 0. The predicted molar refractivity (Wildman–Crippen MR) is 5.75 cm³/mol. The molecular formula is F2MgZr. The van der Waals surface area contributed by atoms with E-state index < -0.39 is 0 Å². The summed E-state index contributed by atoms with van der Waals surface area (Å²) in [4.78, 5) is 0. The van der Waals surface area contributed by atoms with Crippen molar-refractivity contribution in [3.63, 3.8) is 0 Å². The van der Waals surface area contributed by atoms with E-state index >= 15 is 0 Å². The Bertz CT molecular complexity index is 6.00. The van der Waals surface area contributed by atoms with E-state index in [1.165, 1.54) is 0 Å². The molecule has 0 spiro atoms. The standard InChI is InChI=1S/2FH.Mg.Zr/h2*1H;;/q;;+2;/p-2. The summed E-state index contributed by atoms with van der Waals surface area (Å²) < 4.78 is 0. The topological polar surface area (TPSA) is 0 Å². The van der Waals surface area contributed by atoms with Gasteiger partial charge in [-0.25, -0.2) is 0 Å². The molecule has 0 N–H and O–H groups in total.